The summed E-state index contributed by atoms with van der Waals surface area (Å²) in [6, 6.07) is 9.66. The van der Waals surface area contributed by atoms with E-state index in [0.29, 0.717) is 5.88 Å². The predicted molar refractivity (Wildman–Crippen MR) is 52.1 cm³/mol. The van der Waals surface area contributed by atoms with Crippen molar-refractivity contribution < 1.29 is 4.79 Å². The number of rotatable bonds is 3. The van der Waals surface area contributed by atoms with Crippen molar-refractivity contribution in [2.75, 3.05) is 11.2 Å². The summed E-state index contributed by atoms with van der Waals surface area (Å²) in [7, 11) is 0. The van der Waals surface area contributed by atoms with Crippen molar-refractivity contribution in [2.45, 2.75) is 0 Å². The van der Waals surface area contributed by atoms with Gasteiger partial charge < -0.3 is 11.1 Å². The maximum atomic E-state index is 10.3. The number of primary amides is 1. The Kier molecular flexibility index (Phi) is 3.47. The summed E-state index contributed by atoms with van der Waals surface area (Å²) in [5.74, 6) is 0.513. The first kappa shape index (κ1) is 8.93. The minimum absolute atomic E-state index is 0.363. The largest absolute Gasteiger partial charge is 0.375 e. The Hall–Kier alpha value is -1.16. The van der Waals surface area contributed by atoms with E-state index >= 15 is 0 Å². The van der Waals surface area contributed by atoms with Gasteiger partial charge in [-0.2, -0.15) is 0 Å². The number of benzene rings is 1. The SMILES string of the molecule is NC(=O)SCNc1ccccc1. The van der Waals surface area contributed by atoms with Crippen LogP contribution in [0.1, 0.15) is 0 Å². The lowest BCUT2D eigenvalue weighted by molar-refractivity contribution is 0.267. The molecule has 0 saturated heterocycles. The Bertz CT molecular complexity index is 250. The molecule has 1 amide bonds. The van der Waals surface area contributed by atoms with Gasteiger partial charge in [0.2, 0.25) is 0 Å². The first-order valence-electron chi connectivity index (χ1n) is 3.50. The van der Waals surface area contributed by atoms with Gasteiger partial charge in [0.05, 0.1) is 5.88 Å². The molecule has 1 aromatic rings. The average Bonchev–Trinajstić information content (AvgIpc) is 2.05. The van der Waals surface area contributed by atoms with E-state index in [1.54, 1.807) is 0 Å². The second kappa shape index (κ2) is 4.66. The number of carbonyl (C=O) groups is 1. The molecule has 64 valence electrons. The van der Waals surface area contributed by atoms with Gasteiger partial charge in [-0.3, -0.25) is 4.79 Å². The fraction of sp³-hybridized carbons (Fsp3) is 0.125. The lowest BCUT2D eigenvalue weighted by Gasteiger charge is -2.02. The number of nitrogens with two attached hydrogens (primary N) is 1. The second-order valence-corrected chi connectivity index (χ2v) is 3.13. The van der Waals surface area contributed by atoms with Crippen molar-refractivity contribution in [2.24, 2.45) is 5.73 Å². The molecule has 1 rings (SSSR count). The van der Waals surface area contributed by atoms with E-state index in [-0.39, 0.29) is 5.24 Å². The number of hydrogen-bond donors (Lipinski definition) is 2. The Labute approximate surface area is 75.3 Å². The lowest BCUT2D eigenvalue weighted by Crippen LogP contribution is -2.07. The highest BCUT2D eigenvalue weighted by atomic mass is 32.2. The van der Waals surface area contributed by atoms with Crippen molar-refractivity contribution in [3.63, 3.8) is 0 Å². The Morgan fingerprint density at radius 1 is 1.42 bits per heavy atom. The molecule has 0 aliphatic carbocycles. The molecule has 0 unspecified atom stereocenters. The Balaban J connectivity index is 2.29. The van der Waals surface area contributed by atoms with Crippen molar-refractivity contribution in [1.82, 2.24) is 0 Å². The molecule has 1 aromatic carbocycles. The molecule has 0 bridgehead atoms. The van der Waals surface area contributed by atoms with Gasteiger partial charge in [0.25, 0.3) is 5.24 Å². The normalized spacial score (nSPS) is 9.33. The molecule has 0 spiro atoms. The first-order chi connectivity index (χ1) is 5.79. The van der Waals surface area contributed by atoms with E-state index in [0.717, 1.165) is 17.4 Å². The van der Waals surface area contributed by atoms with Crippen LogP contribution in [0.2, 0.25) is 0 Å². The third-order valence-corrected chi connectivity index (χ3v) is 1.84. The summed E-state index contributed by atoms with van der Waals surface area (Å²) >= 11 is 1.05. The monoisotopic (exact) mass is 182 g/mol. The standard InChI is InChI=1S/C8H10N2OS/c9-8(11)12-6-10-7-4-2-1-3-5-7/h1-5,10H,6H2,(H2,9,11). The van der Waals surface area contributed by atoms with E-state index in [9.17, 15) is 4.79 Å². The topological polar surface area (TPSA) is 55.1 Å². The number of anilines is 1. The highest BCUT2D eigenvalue weighted by molar-refractivity contribution is 8.13. The van der Waals surface area contributed by atoms with Crippen LogP contribution in [-0.2, 0) is 0 Å². The average molecular weight is 182 g/mol. The number of nitrogens with one attached hydrogen (secondary N) is 1. The molecular formula is C8H10N2OS. The molecule has 12 heavy (non-hydrogen) atoms. The molecule has 0 atom stereocenters. The van der Waals surface area contributed by atoms with E-state index in [2.05, 4.69) is 5.32 Å². The summed E-state index contributed by atoms with van der Waals surface area (Å²) in [5, 5.41) is 2.68. The zero-order valence-corrected chi connectivity index (χ0v) is 7.30. The van der Waals surface area contributed by atoms with Crippen LogP contribution in [0.5, 0.6) is 0 Å². The van der Waals surface area contributed by atoms with Crippen LogP contribution >= 0.6 is 11.8 Å². The number of amides is 1. The van der Waals surface area contributed by atoms with Crippen molar-refractivity contribution in [3.05, 3.63) is 30.3 Å². The highest BCUT2D eigenvalue weighted by Crippen LogP contribution is 2.07. The predicted octanol–water partition coefficient (Wildman–Crippen LogP) is 1.87. The molecule has 0 fully saturated rings. The van der Waals surface area contributed by atoms with Gasteiger partial charge in [-0.05, 0) is 23.9 Å². The molecule has 0 aromatic heterocycles. The summed E-state index contributed by atoms with van der Waals surface area (Å²) < 4.78 is 0. The van der Waals surface area contributed by atoms with Crippen LogP contribution < -0.4 is 11.1 Å². The third-order valence-electron chi connectivity index (χ3n) is 1.26. The van der Waals surface area contributed by atoms with Gasteiger partial charge >= 0.3 is 0 Å². The Morgan fingerprint density at radius 2 is 2.08 bits per heavy atom. The zero-order chi connectivity index (χ0) is 8.81. The third kappa shape index (κ3) is 3.30. The van der Waals surface area contributed by atoms with Crippen LogP contribution in [0.25, 0.3) is 0 Å². The van der Waals surface area contributed by atoms with E-state index in [1.165, 1.54) is 0 Å². The highest BCUT2D eigenvalue weighted by Gasteiger charge is 1.93. The second-order valence-electron chi connectivity index (χ2n) is 2.15. The van der Waals surface area contributed by atoms with Crippen LogP contribution in [0, 0.1) is 0 Å². The van der Waals surface area contributed by atoms with Crippen LogP contribution in [0.4, 0.5) is 10.5 Å². The molecule has 0 heterocycles. The van der Waals surface area contributed by atoms with E-state index in [1.807, 2.05) is 30.3 Å². The minimum Gasteiger partial charge on any atom is -0.375 e. The quantitative estimate of drug-likeness (QED) is 0.701. The zero-order valence-electron chi connectivity index (χ0n) is 6.49. The minimum atomic E-state index is -0.363. The van der Waals surface area contributed by atoms with Crippen LogP contribution in [-0.4, -0.2) is 11.1 Å². The van der Waals surface area contributed by atoms with Crippen molar-refractivity contribution >= 4 is 22.7 Å². The van der Waals surface area contributed by atoms with Gasteiger partial charge in [0.1, 0.15) is 0 Å². The Morgan fingerprint density at radius 3 is 2.67 bits per heavy atom. The van der Waals surface area contributed by atoms with E-state index in [4.69, 9.17) is 5.73 Å². The maximum absolute atomic E-state index is 10.3. The van der Waals surface area contributed by atoms with Crippen LogP contribution in [0.3, 0.4) is 0 Å². The molecule has 0 aliphatic rings. The fourth-order valence-electron chi connectivity index (χ4n) is 0.747. The van der Waals surface area contributed by atoms with Crippen LogP contribution in [0.15, 0.2) is 30.3 Å². The van der Waals surface area contributed by atoms with Gasteiger partial charge in [-0.15, -0.1) is 0 Å². The molecule has 3 nitrogen and oxygen atoms in total. The number of thioether (sulfide) groups is 1. The molecule has 3 N–H and O–H groups in total. The molecule has 0 aliphatic heterocycles. The fourth-order valence-corrected chi connectivity index (χ4v) is 1.13. The number of carbonyl (C=O) groups excluding carboxylic acids is 1. The summed E-state index contributed by atoms with van der Waals surface area (Å²) in [6.07, 6.45) is 0. The molecular weight excluding hydrogens is 172 g/mol. The summed E-state index contributed by atoms with van der Waals surface area (Å²) in [6.45, 7) is 0. The summed E-state index contributed by atoms with van der Waals surface area (Å²) in [5.41, 5.74) is 5.93. The van der Waals surface area contributed by atoms with Crippen molar-refractivity contribution in [3.8, 4) is 0 Å². The lowest BCUT2D eigenvalue weighted by atomic mass is 10.3. The van der Waals surface area contributed by atoms with Gasteiger partial charge in [-0.1, -0.05) is 18.2 Å². The molecule has 0 radical (unpaired) electrons. The van der Waals surface area contributed by atoms with Gasteiger partial charge in [-0.25, -0.2) is 0 Å². The summed E-state index contributed by atoms with van der Waals surface area (Å²) in [4.78, 5) is 10.3. The molecule has 4 heteroatoms. The van der Waals surface area contributed by atoms with Gasteiger partial charge in [0.15, 0.2) is 0 Å². The van der Waals surface area contributed by atoms with Crippen molar-refractivity contribution in [1.29, 1.82) is 0 Å². The molecule has 0 saturated carbocycles. The van der Waals surface area contributed by atoms with Gasteiger partial charge in [0, 0.05) is 5.69 Å². The maximum Gasteiger partial charge on any atom is 0.278 e. The number of para-hydroxylation sites is 1. The first-order valence-corrected chi connectivity index (χ1v) is 4.49. The smallest absolute Gasteiger partial charge is 0.278 e. The number of hydrogen-bond acceptors (Lipinski definition) is 3. The van der Waals surface area contributed by atoms with E-state index < -0.39 is 0 Å².